The Morgan fingerprint density at radius 1 is 1.03 bits per heavy atom. The van der Waals surface area contributed by atoms with Gasteiger partial charge in [-0.1, -0.05) is 48.5 Å². The number of amides is 3. The number of anilines is 1. The van der Waals surface area contributed by atoms with Crippen LogP contribution in [0, 0.1) is 0 Å². The lowest BCUT2D eigenvalue weighted by Crippen LogP contribution is -2.48. The zero-order valence-electron chi connectivity index (χ0n) is 20.5. The van der Waals surface area contributed by atoms with Gasteiger partial charge in [0.2, 0.25) is 11.8 Å². The first-order valence-electron chi connectivity index (χ1n) is 12.1. The molecule has 3 amide bonds. The number of hydrogen-bond acceptors (Lipinski definition) is 6. The summed E-state index contributed by atoms with van der Waals surface area (Å²) in [6.45, 7) is 2.10. The summed E-state index contributed by atoms with van der Waals surface area (Å²) in [6.07, 6.45) is 1.72. The molecule has 0 unspecified atom stereocenters. The van der Waals surface area contributed by atoms with Gasteiger partial charge in [0.25, 0.3) is 5.91 Å². The van der Waals surface area contributed by atoms with Crippen molar-refractivity contribution in [2.75, 3.05) is 24.6 Å². The van der Waals surface area contributed by atoms with Gasteiger partial charge in [-0.3, -0.25) is 24.1 Å². The standard InChI is InChI=1S/C28H29N3O5S/c1-19(32)21-10-5-11-22(16-21)31(25(33)18-30-27(34)24-13-7-15-37-24)26(20-8-3-2-4-9-20)28(35)29-17-23-12-6-14-36-23/h2-5,7-11,13,15-16,23,26H,6,12,14,17-18H2,1H3,(H,29,35)(H,30,34)/t23-,26-/m0/s1. The van der Waals surface area contributed by atoms with Crippen LogP contribution in [0.4, 0.5) is 5.69 Å². The zero-order valence-corrected chi connectivity index (χ0v) is 21.3. The van der Waals surface area contributed by atoms with E-state index in [0.29, 0.717) is 34.8 Å². The molecule has 8 nitrogen and oxygen atoms in total. The molecule has 2 atom stereocenters. The third-order valence-corrected chi connectivity index (χ3v) is 6.96. The van der Waals surface area contributed by atoms with Crippen molar-refractivity contribution < 1.29 is 23.9 Å². The van der Waals surface area contributed by atoms with E-state index in [4.69, 9.17) is 4.74 Å². The normalized spacial score (nSPS) is 15.5. The SMILES string of the molecule is CC(=O)c1cccc(N(C(=O)CNC(=O)c2cccs2)[C@H](C(=O)NC[C@@H]2CCCO2)c2ccccc2)c1. The molecule has 2 heterocycles. The van der Waals surface area contributed by atoms with Crippen molar-refractivity contribution >= 4 is 40.5 Å². The van der Waals surface area contributed by atoms with Crippen LogP contribution in [-0.4, -0.2) is 49.3 Å². The van der Waals surface area contributed by atoms with Crippen molar-refractivity contribution in [2.45, 2.75) is 31.9 Å². The van der Waals surface area contributed by atoms with Crippen LogP contribution >= 0.6 is 11.3 Å². The van der Waals surface area contributed by atoms with Crippen LogP contribution < -0.4 is 15.5 Å². The molecule has 9 heteroatoms. The average molecular weight is 520 g/mol. The number of carbonyl (C=O) groups is 4. The number of carbonyl (C=O) groups excluding carboxylic acids is 4. The van der Waals surface area contributed by atoms with Crippen molar-refractivity contribution in [1.82, 2.24) is 10.6 Å². The fourth-order valence-electron chi connectivity index (χ4n) is 4.22. The third kappa shape index (κ3) is 6.69. The average Bonchev–Trinajstić information content (AvgIpc) is 3.64. The van der Waals surface area contributed by atoms with Crippen LogP contribution in [0.15, 0.2) is 72.1 Å². The van der Waals surface area contributed by atoms with E-state index >= 15 is 0 Å². The molecule has 0 radical (unpaired) electrons. The minimum absolute atomic E-state index is 0.0735. The van der Waals surface area contributed by atoms with Crippen LogP contribution in [0.3, 0.4) is 0 Å². The van der Waals surface area contributed by atoms with Crippen molar-refractivity contribution in [3.05, 3.63) is 88.1 Å². The summed E-state index contributed by atoms with van der Waals surface area (Å²) in [5.41, 5.74) is 1.38. The first-order valence-corrected chi connectivity index (χ1v) is 13.0. The third-order valence-electron chi connectivity index (χ3n) is 6.09. The summed E-state index contributed by atoms with van der Waals surface area (Å²) in [4.78, 5) is 53.8. The van der Waals surface area contributed by atoms with Crippen LogP contribution in [0.2, 0.25) is 0 Å². The molecule has 0 spiro atoms. The van der Waals surface area contributed by atoms with Crippen LogP contribution in [-0.2, 0) is 14.3 Å². The Kier molecular flexibility index (Phi) is 8.81. The smallest absolute Gasteiger partial charge is 0.261 e. The van der Waals surface area contributed by atoms with Gasteiger partial charge in [-0.25, -0.2) is 0 Å². The number of nitrogens with one attached hydrogen (secondary N) is 2. The minimum Gasteiger partial charge on any atom is -0.376 e. The maximum atomic E-state index is 13.7. The number of benzene rings is 2. The van der Waals surface area contributed by atoms with Crippen LogP contribution in [0.25, 0.3) is 0 Å². The number of nitrogens with zero attached hydrogens (tertiary/aromatic N) is 1. The molecular formula is C28H29N3O5S. The van der Waals surface area contributed by atoms with Crippen molar-refractivity contribution in [3.63, 3.8) is 0 Å². The van der Waals surface area contributed by atoms with E-state index in [1.54, 1.807) is 66.0 Å². The predicted molar refractivity (Wildman–Crippen MR) is 142 cm³/mol. The summed E-state index contributed by atoms with van der Waals surface area (Å²) < 4.78 is 5.64. The van der Waals surface area contributed by atoms with Gasteiger partial charge in [-0.2, -0.15) is 0 Å². The van der Waals surface area contributed by atoms with Crippen molar-refractivity contribution in [3.8, 4) is 0 Å². The van der Waals surface area contributed by atoms with Gasteiger partial charge in [-0.15, -0.1) is 11.3 Å². The van der Waals surface area contributed by atoms with Crippen LogP contribution in [0.5, 0.6) is 0 Å². The van der Waals surface area contributed by atoms with Gasteiger partial charge in [0.15, 0.2) is 5.78 Å². The van der Waals surface area contributed by atoms with Gasteiger partial charge >= 0.3 is 0 Å². The molecule has 1 aliphatic heterocycles. The Bertz CT molecular complexity index is 1240. The monoisotopic (exact) mass is 519 g/mol. The second kappa shape index (κ2) is 12.4. The number of ketones is 1. The lowest BCUT2D eigenvalue weighted by Gasteiger charge is -2.32. The molecule has 1 fully saturated rings. The molecule has 1 saturated heterocycles. The number of thiophene rings is 1. The topological polar surface area (TPSA) is 105 Å². The number of hydrogen-bond donors (Lipinski definition) is 2. The van der Waals surface area contributed by atoms with E-state index < -0.39 is 11.9 Å². The quantitative estimate of drug-likeness (QED) is 0.397. The first kappa shape index (κ1) is 26.2. The molecule has 2 aromatic carbocycles. The highest BCUT2D eigenvalue weighted by Gasteiger charge is 2.33. The Morgan fingerprint density at radius 2 is 1.84 bits per heavy atom. The summed E-state index contributed by atoms with van der Waals surface area (Å²) in [7, 11) is 0. The second-order valence-corrected chi connectivity index (χ2v) is 9.67. The molecule has 0 saturated carbocycles. The van der Waals surface area contributed by atoms with Gasteiger partial charge in [0.1, 0.15) is 6.04 Å². The summed E-state index contributed by atoms with van der Waals surface area (Å²) in [5, 5.41) is 7.38. The van der Waals surface area contributed by atoms with Gasteiger partial charge in [0, 0.05) is 24.4 Å². The lowest BCUT2D eigenvalue weighted by atomic mass is 10.0. The van der Waals surface area contributed by atoms with Gasteiger partial charge in [-0.05, 0) is 48.9 Å². The van der Waals surface area contributed by atoms with E-state index in [1.807, 2.05) is 6.07 Å². The summed E-state index contributed by atoms with van der Waals surface area (Å²) >= 11 is 1.27. The molecule has 1 aromatic heterocycles. The molecule has 37 heavy (non-hydrogen) atoms. The number of Topliss-reactive ketones (excluding diaryl/α,β-unsaturated/α-hetero) is 1. The maximum Gasteiger partial charge on any atom is 0.261 e. The Morgan fingerprint density at radius 3 is 2.51 bits per heavy atom. The summed E-state index contributed by atoms with van der Waals surface area (Å²) in [5.74, 6) is -1.42. The Balaban J connectivity index is 1.67. The molecule has 1 aliphatic rings. The molecular weight excluding hydrogens is 490 g/mol. The maximum absolute atomic E-state index is 13.7. The molecule has 2 N–H and O–H groups in total. The number of ether oxygens (including phenoxy) is 1. The number of rotatable bonds is 10. The minimum atomic E-state index is -1.03. The van der Waals surface area contributed by atoms with Crippen molar-refractivity contribution in [1.29, 1.82) is 0 Å². The highest BCUT2D eigenvalue weighted by Crippen LogP contribution is 2.29. The highest BCUT2D eigenvalue weighted by atomic mass is 32.1. The Labute approximate surface area is 219 Å². The molecule has 4 rings (SSSR count). The summed E-state index contributed by atoms with van der Waals surface area (Å²) in [6, 6.07) is 17.9. The zero-order chi connectivity index (χ0) is 26.2. The van der Waals surface area contributed by atoms with Crippen molar-refractivity contribution in [2.24, 2.45) is 0 Å². The van der Waals surface area contributed by atoms with E-state index in [9.17, 15) is 19.2 Å². The van der Waals surface area contributed by atoms with E-state index in [1.165, 1.54) is 23.2 Å². The predicted octanol–water partition coefficient (Wildman–Crippen LogP) is 3.75. The van der Waals surface area contributed by atoms with Crippen LogP contribution in [0.1, 0.15) is 51.4 Å². The highest BCUT2D eigenvalue weighted by molar-refractivity contribution is 7.12. The lowest BCUT2D eigenvalue weighted by molar-refractivity contribution is -0.126. The largest absolute Gasteiger partial charge is 0.376 e. The fourth-order valence-corrected chi connectivity index (χ4v) is 4.86. The van der Waals surface area contributed by atoms with Gasteiger partial charge in [0.05, 0.1) is 17.5 Å². The fraction of sp³-hybridized carbons (Fsp3) is 0.286. The van der Waals surface area contributed by atoms with E-state index in [2.05, 4.69) is 10.6 Å². The van der Waals surface area contributed by atoms with Gasteiger partial charge < -0.3 is 15.4 Å². The molecule has 0 bridgehead atoms. The molecule has 3 aromatic rings. The molecule has 192 valence electrons. The van der Waals surface area contributed by atoms with E-state index in [-0.39, 0.29) is 30.2 Å². The Hall–Kier alpha value is -3.82. The molecule has 0 aliphatic carbocycles. The first-order chi connectivity index (χ1) is 17.9. The van der Waals surface area contributed by atoms with E-state index in [0.717, 1.165) is 12.8 Å². The second-order valence-electron chi connectivity index (χ2n) is 8.72.